The summed E-state index contributed by atoms with van der Waals surface area (Å²) < 4.78 is 526. The molecule has 0 radical (unpaired) electrons. The Hall–Kier alpha value is -5.26. The van der Waals surface area contributed by atoms with Gasteiger partial charge in [0.2, 0.25) is 0 Å². The molecule has 85 heavy (non-hydrogen) atoms. The van der Waals surface area contributed by atoms with Crippen LogP contribution in [-0.4, -0.2) is 128 Å². The van der Waals surface area contributed by atoms with Gasteiger partial charge in [-0.25, -0.2) is 65.9 Å². The summed E-state index contributed by atoms with van der Waals surface area (Å²) in [5.41, 5.74) is -33.2. The van der Waals surface area contributed by atoms with Crippen LogP contribution in [0.2, 0.25) is 0 Å². The topological polar surface area (TPSA) is 395 Å². The maximum absolute atomic E-state index is 12.1. The molecule has 3 rings (SSSR count). The van der Waals surface area contributed by atoms with Gasteiger partial charge in [0.15, 0.2) is 87.3 Å². The molecular weight excluding hydrogens is 1470 g/mol. The van der Waals surface area contributed by atoms with Crippen molar-refractivity contribution in [3.8, 4) is 17.2 Å². The summed E-state index contributed by atoms with van der Waals surface area (Å²) in [7, 11) is -35.0. The van der Waals surface area contributed by atoms with E-state index in [1.54, 1.807) is 0 Å². The Morgan fingerprint density at radius 3 is 0.294 bits per heavy atom. The van der Waals surface area contributed by atoms with Gasteiger partial charge in [-0.15, -0.1) is 0 Å². The Kier molecular flexibility index (Phi) is 35.9. The van der Waals surface area contributed by atoms with E-state index in [1.165, 1.54) is 0 Å². The van der Waals surface area contributed by atoms with Crippen molar-refractivity contribution in [2.75, 3.05) is 0 Å². The van der Waals surface area contributed by atoms with Gasteiger partial charge in [0, 0.05) is 0 Å². The van der Waals surface area contributed by atoms with Gasteiger partial charge in [-0.2, -0.15) is 130 Å². The predicted molar refractivity (Wildman–Crippen MR) is 188 cm³/mol. The van der Waals surface area contributed by atoms with E-state index in [1.807, 2.05) is 0 Å². The number of halogens is 33. The average molecular weight is 1480 g/mol. The first-order valence-electron chi connectivity index (χ1n) is 15.7. The molecule has 0 aliphatic heterocycles. The minimum absolute atomic E-state index is 0. The fraction of sp³-hybridized carbons (Fsp3) is 0.250. The smallest absolute Gasteiger partial charge is 0.868 e. The number of benzene rings is 3. The molecule has 0 unspecified atom stereocenters. The van der Waals surface area contributed by atoms with E-state index in [9.17, 15) is 160 Å². The largest absolute Gasteiger partial charge is 3.00 e. The molecule has 0 fully saturated rings. The average Bonchev–Trinajstić information content (AvgIpc) is 3.26. The molecule has 3 aromatic carbocycles. The summed E-state index contributed by atoms with van der Waals surface area (Å²) in [4.78, 5) is 0. The molecule has 3 aromatic rings. The Labute approximate surface area is 452 Å². The van der Waals surface area contributed by atoms with Crippen molar-refractivity contribution in [1.82, 2.24) is 0 Å². The third-order valence-electron chi connectivity index (χ3n) is 5.26. The molecule has 0 aromatic heterocycles. The zero-order valence-electron chi connectivity index (χ0n) is 36.3. The SMILES string of the molecule is O=S(=O)(O)C(F)(F)F.O=S(=O)(O)C(F)(F)F.O=S(=O)(O)C(F)(F)F.O=S(=O)(O)C(F)(F)F.O=S(=O)(O)C(F)(F)F.O=S(=O)(O)C(F)(F)F.[Al+3].[O-]c1c(F)c(F)c(F)c(F)c1F.[O-]c1c(F)c(F)c(F)c(F)c1F.[O-]c1c(F)c(F)c(F)c(F)c1F. The molecular formula is C24H6AlF33O21S6. The maximum Gasteiger partial charge on any atom is 3.00 e. The summed E-state index contributed by atoms with van der Waals surface area (Å²) in [6.07, 6.45) is 0. The van der Waals surface area contributed by atoms with Crippen molar-refractivity contribution < 1.29 is 238 Å². The third kappa shape index (κ3) is 31.8. The third-order valence-corrected chi connectivity index (χ3v) is 8.77. The first-order valence-corrected chi connectivity index (χ1v) is 24.3. The van der Waals surface area contributed by atoms with Crippen LogP contribution >= 0.6 is 0 Å². The van der Waals surface area contributed by atoms with Crippen LogP contribution < -0.4 is 15.3 Å². The van der Waals surface area contributed by atoms with Gasteiger partial charge >= 0.3 is 111 Å². The molecule has 0 atom stereocenters. The van der Waals surface area contributed by atoms with Crippen molar-refractivity contribution in [2.45, 2.75) is 33.0 Å². The standard InChI is InChI=1S/3C6HF5O.6CHF3O3S.Al/c3*7-1-2(8)4(10)6(12)5(11)3(1)9;6*2-1(3,4)8(5,6)7;/h3*12H;6*(H,5,6,7);/q;;;;;;;;;+3/p-3. The van der Waals surface area contributed by atoms with Gasteiger partial charge in [-0.1, -0.05) is 0 Å². The summed E-state index contributed by atoms with van der Waals surface area (Å²) in [5.74, 6) is -40.7. The van der Waals surface area contributed by atoms with Crippen molar-refractivity contribution in [2.24, 2.45) is 0 Å². The molecule has 0 amide bonds. The zero-order valence-corrected chi connectivity index (χ0v) is 42.4. The van der Waals surface area contributed by atoms with Crippen molar-refractivity contribution >= 4 is 78.1 Å². The van der Waals surface area contributed by atoms with E-state index in [0.29, 0.717) is 0 Å². The van der Waals surface area contributed by atoms with Gasteiger partial charge < -0.3 is 15.3 Å². The second-order valence-corrected chi connectivity index (χ2v) is 19.7. The van der Waals surface area contributed by atoms with Crippen LogP contribution in [0.4, 0.5) is 145 Å². The van der Waals surface area contributed by atoms with E-state index >= 15 is 0 Å². The molecule has 21 nitrogen and oxygen atoms in total. The Balaban J connectivity index is -0.000000162. The van der Waals surface area contributed by atoms with Gasteiger partial charge in [-0.3, -0.25) is 27.3 Å². The van der Waals surface area contributed by atoms with Crippen LogP contribution in [0.5, 0.6) is 17.2 Å². The van der Waals surface area contributed by atoms with E-state index in [2.05, 4.69) is 0 Å². The van der Waals surface area contributed by atoms with Crippen molar-refractivity contribution in [1.29, 1.82) is 0 Å². The first-order chi connectivity index (χ1) is 35.9. The summed E-state index contributed by atoms with van der Waals surface area (Å²) in [6, 6.07) is 0. The second-order valence-electron chi connectivity index (χ2n) is 11.2. The Morgan fingerprint density at radius 2 is 0.247 bits per heavy atom. The Bertz CT molecular complexity index is 2630. The molecule has 0 saturated carbocycles. The number of rotatable bonds is 0. The van der Waals surface area contributed by atoms with Crippen molar-refractivity contribution in [3.63, 3.8) is 0 Å². The summed E-state index contributed by atoms with van der Waals surface area (Å²) in [5, 5.41) is 30.5. The fourth-order valence-electron chi connectivity index (χ4n) is 1.75. The second kappa shape index (κ2) is 32.6. The normalized spacial score (nSPS) is 12.3. The van der Waals surface area contributed by atoms with E-state index in [-0.39, 0.29) is 17.4 Å². The van der Waals surface area contributed by atoms with Crippen LogP contribution in [0.15, 0.2) is 0 Å². The number of hydrogen-bond donors (Lipinski definition) is 6. The summed E-state index contributed by atoms with van der Waals surface area (Å²) in [6.45, 7) is 0. The van der Waals surface area contributed by atoms with Gasteiger partial charge in [-0.05, 0) is 17.2 Å². The van der Waals surface area contributed by atoms with Crippen LogP contribution in [-0.2, 0) is 60.7 Å². The minimum Gasteiger partial charge on any atom is -0.868 e. The molecule has 6 N–H and O–H groups in total. The molecule has 0 heterocycles. The van der Waals surface area contributed by atoms with Crippen LogP contribution in [0.1, 0.15) is 0 Å². The first kappa shape index (κ1) is 93.4. The molecule has 498 valence electrons. The molecule has 0 bridgehead atoms. The van der Waals surface area contributed by atoms with Crippen LogP contribution in [0.3, 0.4) is 0 Å². The Morgan fingerprint density at radius 1 is 0.200 bits per heavy atom. The quantitative estimate of drug-likeness (QED) is 0.0356. The minimum atomic E-state index is -5.84. The van der Waals surface area contributed by atoms with Crippen LogP contribution in [0, 0.1) is 87.3 Å². The van der Waals surface area contributed by atoms with Crippen LogP contribution in [0.25, 0.3) is 0 Å². The predicted octanol–water partition coefficient (Wildman–Crippen LogP) is 6.35. The zero-order chi connectivity index (χ0) is 70.4. The molecule has 0 spiro atoms. The number of hydrogen-bond acceptors (Lipinski definition) is 15. The van der Waals surface area contributed by atoms with Crippen molar-refractivity contribution in [3.05, 3.63) is 87.3 Å². The van der Waals surface area contributed by atoms with E-state index in [4.69, 9.17) is 77.8 Å². The molecule has 0 aliphatic carbocycles. The summed E-state index contributed by atoms with van der Waals surface area (Å²) >= 11 is 0. The maximum atomic E-state index is 12.1. The fourth-order valence-corrected chi connectivity index (χ4v) is 1.75. The monoisotopic (exact) mass is 1480 g/mol. The number of alkyl halides is 18. The van der Waals surface area contributed by atoms with E-state index in [0.717, 1.165) is 0 Å². The van der Waals surface area contributed by atoms with Gasteiger partial charge in [0.25, 0.3) is 0 Å². The molecule has 0 aliphatic rings. The van der Waals surface area contributed by atoms with Gasteiger partial charge in [0.05, 0.1) is 0 Å². The molecule has 61 heteroatoms. The van der Waals surface area contributed by atoms with E-state index < -0.39 is 198 Å². The van der Waals surface area contributed by atoms with Gasteiger partial charge in [0.1, 0.15) is 0 Å². The molecule has 0 saturated heterocycles.